The van der Waals surface area contributed by atoms with Crippen molar-refractivity contribution in [1.82, 2.24) is 4.90 Å². The van der Waals surface area contributed by atoms with Gasteiger partial charge in [-0.05, 0) is 36.5 Å². The molecule has 4 nitrogen and oxygen atoms in total. The number of anilines is 1. The van der Waals surface area contributed by atoms with Crippen molar-refractivity contribution in [2.75, 3.05) is 11.5 Å². The van der Waals surface area contributed by atoms with Crippen LogP contribution in [0.25, 0.3) is 0 Å². The van der Waals surface area contributed by atoms with Crippen LogP contribution in [0.15, 0.2) is 60.9 Å². The predicted molar refractivity (Wildman–Crippen MR) is 117 cm³/mol. The zero-order chi connectivity index (χ0) is 19.9. The molecule has 1 amide bonds. The molecule has 1 unspecified atom stereocenters. The summed E-state index contributed by atoms with van der Waals surface area (Å²) >= 11 is 1.73. The van der Waals surface area contributed by atoms with Gasteiger partial charge in [-0.25, -0.2) is 4.79 Å². The number of para-hydroxylation sites is 1. The summed E-state index contributed by atoms with van der Waals surface area (Å²) in [5.41, 5.74) is 4.86. The third kappa shape index (κ3) is 4.36. The number of ether oxygens (including phenoxy) is 1. The summed E-state index contributed by atoms with van der Waals surface area (Å²) in [6, 6.07) is 16.8. The maximum Gasteiger partial charge on any atom is 0.416 e. The first-order valence-electron chi connectivity index (χ1n) is 9.87. The SMILES string of the molecule is CCOC(=O)N1C=CN(c2c(CC)cccc2CC)C1SCc1ccccc1. The largest absolute Gasteiger partial charge is 0.449 e. The fourth-order valence-electron chi connectivity index (χ4n) is 3.41. The van der Waals surface area contributed by atoms with Crippen LogP contribution >= 0.6 is 11.8 Å². The van der Waals surface area contributed by atoms with Crippen LogP contribution < -0.4 is 4.90 Å². The highest BCUT2D eigenvalue weighted by Crippen LogP contribution is 2.37. The molecule has 0 saturated heterocycles. The lowest BCUT2D eigenvalue weighted by Crippen LogP contribution is -2.40. The Kier molecular flexibility index (Phi) is 7.04. The van der Waals surface area contributed by atoms with Crippen LogP contribution in [0.2, 0.25) is 0 Å². The van der Waals surface area contributed by atoms with Crippen molar-refractivity contribution in [3.63, 3.8) is 0 Å². The minimum atomic E-state index is -0.307. The molecule has 2 aromatic rings. The number of amides is 1. The second-order valence-electron chi connectivity index (χ2n) is 6.57. The Morgan fingerprint density at radius 1 is 0.964 bits per heavy atom. The summed E-state index contributed by atoms with van der Waals surface area (Å²) in [7, 11) is 0. The van der Waals surface area contributed by atoms with Crippen LogP contribution in [-0.2, 0) is 23.3 Å². The molecule has 0 saturated carbocycles. The topological polar surface area (TPSA) is 32.8 Å². The first-order chi connectivity index (χ1) is 13.7. The third-order valence-corrected chi connectivity index (χ3v) is 6.06. The number of nitrogens with zero attached hydrogens (tertiary/aromatic N) is 2. The van der Waals surface area contributed by atoms with Crippen LogP contribution in [0, 0.1) is 0 Å². The number of thioether (sulfide) groups is 1. The van der Waals surface area contributed by atoms with Gasteiger partial charge in [0.2, 0.25) is 0 Å². The monoisotopic (exact) mass is 396 g/mol. The minimum Gasteiger partial charge on any atom is -0.449 e. The average Bonchev–Trinajstić information content (AvgIpc) is 3.16. The summed E-state index contributed by atoms with van der Waals surface area (Å²) in [6.45, 7) is 6.55. The summed E-state index contributed by atoms with van der Waals surface area (Å²) < 4.78 is 5.30. The second-order valence-corrected chi connectivity index (χ2v) is 7.61. The van der Waals surface area contributed by atoms with Crippen molar-refractivity contribution in [3.8, 4) is 0 Å². The lowest BCUT2D eigenvalue weighted by atomic mass is 10.0. The molecule has 0 spiro atoms. The Morgan fingerprint density at radius 3 is 2.25 bits per heavy atom. The first-order valence-corrected chi connectivity index (χ1v) is 10.9. The van der Waals surface area contributed by atoms with E-state index in [0.717, 1.165) is 18.6 Å². The van der Waals surface area contributed by atoms with Gasteiger partial charge in [0.05, 0.1) is 6.61 Å². The van der Waals surface area contributed by atoms with E-state index in [-0.39, 0.29) is 11.6 Å². The van der Waals surface area contributed by atoms with Crippen LogP contribution in [0.4, 0.5) is 10.5 Å². The van der Waals surface area contributed by atoms with Crippen molar-refractivity contribution in [3.05, 3.63) is 77.6 Å². The van der Waals surface area contributed by atoms with Gasteiger partial charge < -0.3 is 9.64 Å². The average molecular weight is 397 g/mol. The maximum atomic E-state index is 12.6. The van der Waals surface area contributed by atoms with E-state index in [1.165, 1.54) is 22.4 Å². The smallest absolute Gasteiger partial charge is 0.416 e. The van der Waals surface area contributed by atoms with Gasteiger partial charge in [-0.2, -0.15) is 0 Å². The molecular formula is C23H28N2O2S. The summed E-state index contributed by atoms with van der Waals surface area (Å²) in [5.74, 6) is 0.815. The highest BCUT2D eigenvalue weighted by molar-refractivity contribution is 7.99. The van der Waals surface area contributed by atoms with Gasteiger partial charge in [-0.1, -0.05) is 62.4 Å². The zero-order valence-electron chi connectivity index (χ0n) is 16.8. The summed E-state index contributed by atoms with van der Waals surface area (Å²) in [4.78, 5) is 16.5. The molecule has 0 N–H and O–H groups in total. The molecule has 28 heavy (non-hydrogen) atoms. The van der Waals surface area contributed by atoms with Crippen molar-refractivity contribution < 1.29 is 9.53 Å². The molecule has 1 aliphatic rings. The van der Waals surface area contributed by atoms with Gasteiger partial charge in [0.25, 0.3) is 0 Å². The van der Waals surface area contributed by atoms with Gasteiger partial charge in [0, 0.05) is 23.8 Å². The summed E-state index contributed by atoms with van der Waals surface area (Å²) in [6.07, 6.45) is 5.44. The number of hydrogen-bond donors (Lipinski definition) is 0. The Bertz CT molecular complexity index is 800. The fraction of sp³-hybridized carbons (Fsp3) is 0.348. The molecule has 2 aromatic carbocycles. The Morgan fingerprint density at radius 2 is 1.64 bits per heavy atom. The Labute approximate surface area is 172 Å². The standard InChI is InChI=1S/C23H28N2O2S/c1-4-19-13-10-14-20(5-2)21(19)24-15-16-25(23(26)27-6-3)22(24)28-17-18-11-8-7-9-12-18/h7-16,22H,4-6,17H2,1-3H3. The van der Waals surface area contributed by atoms with Gasteiger partial charge >= 0.3 is 6.09 Å². The molecule has 3 rings (SSSR count). The van der Waals surface area contributed by atoms with Gasteiger partial charge in [0.1, 0.15) is 0 Å². The lowest BCUT2D eigenvalue weighted by Gasteiger charge is -2.33. The molecule has 0 aliphatic carbocycles. The molecule has 0 fully saturated rings. The number of rotatable bonds is 7. The van der Waals surface area contributed by atoms with Crippen LogP contribution in [0.5, 0.6) is 0 Å². The molecule has 5 heteroatoms. The highest BCUT2D eigenvalue weighted by Gasteiger charge is 2.34. The Balaban J connectivity index is 1.93. The number of hydrogen-bond acceptors (Lipinski definition) is 4. The van der Waals surface area contributed by atoms with Crippen molar-refractivity contribution in [2.45, 2.75) is 44.9 Å². The fourth-order valence-corrected chi connectivity index (χ4v) is 4.60. The van der Waals surface area contributed by atoms with E-state index >= 15 is 0 Å². The van der Waals surface area contributed by atoms with E-state index < -0.39 is 0 Å². The number of carbonyl (C=O) groups is 1. The maximum absolute atomic E-state index is 12.6. The molecular weight excluding hydrogens is 368 g/mol. The lowest BCUT2D eigenvalue weighted by molar-refractivity contribution is 0.122. The summed E-state index contributed by atoms with van der Waals surface area (Å²) in [5, 5.41) is 0. The van der Waals surface area contributed by atoms with E-state index in [1.807, 2.05) is 37.5 Å². The molecule has 1 heterocycles. The molecule has 0 aromatic heterocycles. The third-order valence-electron chi connectivity index (χ3n) is 4.81. The van der Waals surface area contributed by atoms with Crippen molar-refractivity contribution in [1.29, 1.82) is 0 Å². The Hall–Kier alpha value is -2.40. The zero-order valence-corrected chi connectivity index (χ0v) is 17.6. The first kappa shape index (κ1) is 20.3. The molecule has 0 radical (unpaired) electrons. The molecule has 1 aliphatic heterocycles. The van der Waals surface area contributed by atoms with Gasteiger partial charge in [-0.3, -0.25) is 4.90 Å². The van der Waals surface area contributed by atoms with Gasteiger partial charge in [-0.15, -0.1) is 11.8 Å². The molecule has 1 atom stereocenters. The van der Waals surface area contributed by atoms with Crippen molar-refractivity contribution >= 4 is 23.5 Å². The molecule has 0 bridgehead atoms. The predicted octanol–water partition coefficient (Wildman–Crippen LogP) is 5.78. The van der Waals surface area contributed by atoms with Crippen molar-refractivity contribution in [2.24, 2.45) is 0 Å². The van der Waals surface area contributed by atoms with Crippen LogP contribution in [0.3, 0.4) is 0 Å². The van der Waals surface area contributed by atoms with E-state index in [9.17, 15) is 4.79 Å². The highest BCUT2D eigenvalue weighted by atomic mass is 32.2. The minimum absolute atomic E-state index is 0.169. The normalized spacial score (nSPS) is 15.9. The molecule has 148 valence electrons. The number of benzene rings is 2. The van der Waals surface area contributed by atoms with Crippen LogP contribution in [0.1, 0.15) is 37.5 Å². The second kappa shape index (κ2) is 9.69. The van der Waals surface area contributed by atoms with Crippen LogP contribution in [-0.4, -0.2) is 23.1 Å². The van der Waals surface area contributed by atoms with E-state index in [1.54, 1.807) is 16.7 Å². The van der Waals surface area contributed by atoms with Gasteiger partial charge in [0.15, 0.2) is 5.50 Å². The quantitative estimate of drug-likeness (QED) is 0.594. The number of aryl methyl sites for hydroxylation is 2. The van der Waals surface area contributed by atoms with E-state index in [4.69, 9.17) is 4.74 Å². The van der Waals surface area contributed by atoms with E-state index in [0.29, 0.717) is 6.61 Å². The van der Waals surface area contributed by atoms with E-state index in [2.05, 4.69) is 49.1 Å². The number of carbonyl (C=O) groups excluding carboxylic acids is 1.